The van der Waals surface area contributed by atoms with E-state index in [1.165, 1.54) is 5.56 Å². The van der Waals surface area contributed by atoms with E-state index >= 15 is 0 Å². The van der Waals surface area contributed by atoms with E-state index in [1.54, 1.807) is 7.05 Å². The summed E-state index contributed by atoms with van der Waals surface area (Å²) in [5, 5.41) is 8.12. The fourth-order valence-electron chi connectivity index (χ4n) is 2.80. The van der Waals surface area contributed by atoms with Crippen molar-refractivity contribution in [2.24, 2.45) is 4.99 Å². The van der Waals surface area contributed by atoms with Crippen molar-refractivity contribution in [3.63, 3.8) is 0 Å². The van der Waals surface area contributed by atoms with Crippen LogP contribution in [0.15, 0.2) is 29.4 Å². The lowest BCUT2D eigenvalue weighted by Gasteiger charge is -2.25. The third kappa shape index (κ3) is 5.66. The number of aromatic amines is 1. The van der Waals surface area contributed by atoms with Crippen LogP contribution in [0.1, 0.15) is 26.3 Å². The Bertz CT molecular complexity index is 791. The second kappa shape index (κ2) is 8.45. The number of likely N-dealkylation sites (N-methyl/N-ethyl adjacent to an activating group) is 1. The average molecular weight is 378 g/mol. The Kier molecular flexibility index (Phi) is 6.53. The van der Waals surface area contributed by atoms with Gasteiger partial charge in [-0.25, -0.2) is 0 Å². The maximum Gasteiger partial charge on any atom is 0.240 e. The van der Waals surface area contributed by atoms with Crippen molar-refractivity contribution in [2.45, 2.75) is 32.7 Å². The van der Waals surface area contributed by atoms with Crippen LogP contribution in [0.4, 0.5) is 0 Å². The molecule has 0 spiro atoms. The molecule has 0 radical (unpaired) electrons. The molecule has 2 rings (SSSR count). The first-order valence-electron chi connectivity index (χ1n) is 8.68. The van der Waals surface area contributed by atoms with Crippen LogP contribution < -0.4 is 10.6 Å². The predicted octanol–water partition coefficient (Wildman–Crippen LogP) is 2.79. The standard InChI is InChI=1S/C19H28ClN5O/c1-19(2,3)24-17(26)12-25(5)18(21-4)22-9-8-13-11-23-16-7-6-14(20)10-15(13)16/h6-7,10-11,23H,8-9,12H2,1-5H3,(H,21,22)(H,24,26). The zero-order chi connectivity index (χ0) is 19.3. The van der Waals surface area contributed by atoms with Crippen LogP contribution in [0.5, 0.6) is 0 Å². The molecule has 1 heterocycles. The summed E-state index contributed by atoms with van der Waals surface area (Å²) in [6, 6.07) is 5.83. The summed E-state index contributed by atoms with van der Waals surface area (Å²) in [5.41, 5.74) is 2.02. The van der Waals surface area contributed by atoms with Gasteiger partial charge < -0.3 is 20.5 Å². The molecule has 3 N–H and O–H groups in total. The molecular formula is C19H28ClN5O. The molecule has 1 amide bonds. The van der Waals surface area contributed by atoms with Gasteiger partial charge in [-0.2, -0.15) is 0 Å². The third-order valence-electron chi connectivity index (χ3n) is 3.88. The number of halogens is 1. The van der Waals surface area contributed by atoms with E-state index in [4.69, 9.17) is 11.6 Å². The highest BCUT2D eigenvalue weighted by atomic mass is 35.5. The van der Waals surface area contributed by atoms with Gasteiger partial charge in [0.2, 0.25) is 5.91 Å². The van der Waals surface area contributed by atoms with Gasteiger partial charge >= 0.3 is 0 Å². The SMILES string of the molecule is CN=C(NCCc1c[nH]c2ccc(Cl)cc12)N(C)CC(=O)NC(C)(C)C. The highest BCUT2D eigenvalue weighted by Gasteiger charge is 2.16. The lowest BCUT2D eigenvalue weighted by molar-refractivity contribution is -0.122. The van der Waals surface area contributed by atoms with Gasteiger partial charge in [0, 0.05) is 48.3 Å². The quantitative estimate of drug-likeness (QED) is 0.554. The number of aliphatic imine (C=N–C) groups is 1. The molecule has 142 valence electrons. The number of H-pyrrole nitrogens is 1. The van der Waals surface area contributed by atoms with Crippen molar-refractivity contribution in [3.8, 4) is 0 Å². The highest BCUT2D eigenvalue weighted by Crippen LogP contribution is 2.22. The largest absolute Gasteiger partial charge is 0.361 e. The Morgan fingerprint density at radius 2 is 2.08 bits per heavy atom. The molecule has 6 nitrogen and oxygen atoms in total. The summed E-state index contributed by atoms with van der Waals surface area (Å²) in [6.45, 7) is 6.85. The Balaban J connectivity index is 1.90. The van der Waals surface area contributed by atoms with Crippen molar-refractivity contribution in [2.75, 3.05) is 27.2 Å². The number of carbonyl (C=O) groups excluding carboxylic acids is 1. The van der Waals surface area contributed by atoms with E-state index < -0.39 is 0 Å². The molecule has 1 aromatic carbocycles. The second-order valence-corrected chi connectivity index (χ2v) is 7.82. The fourth-order valence-corrected chi connectivity index (χ4v) is 2.97. The van der Waals surface area contributed by atoms with Crippen LogP contribution in [-0.2, 0) is 11.2 Å². The summed E-state index contributed by atoms with van der Waals surface area (Å²) >= 11 is 6.10. The molecule has 0 aliphatic carbocycles. The molecule has 26 heavy (non-hydrogen) atoms. The maximum atomic E-state index is 12.1. The van der Waals surface area contributed by atoms with Crippen LogP contribution in [-0.4, -0.2) is 54.5 Å². The summed E-state index contributed by atoms with van der Waals surface area (Å²) in [6.07, 6.45) is 2.83. The number of nitrogens with zero attached hydrogens (tertiary/aromatic N) is 2. The van der Waals surface area contributed by atoms with Crippen molar-refractivity contribution in [3.05, 3.63) is 35.0 Å². The van der Waals surface area contributed by atoms with Gasteiger partial charge in [-0.15, -0.1) is 0 Å². The highest BCUT2D eigenvalue weighted by molar-refractivity contribution is 6.31. The molecule has 0 aliphatic rings. The molecular weight excluding hydrogens is 350 g/mol. The van der Waals surface area contributed by atoms with Gasteiger partial charge in [0.15, 0.2) is 5.96 Å². The van der Waals surface area contributed by atoms with Gasteiger partial charge in [-0.1, -0.05) is 11.6 Å². The number of benzene rings is 1. The third-order valence-corrected chi connectivity index (χ3v) is 4.11. The zero-order valence-electron chi connectivity index (χ0n) is 16.1. The fraction of sp³-hybridized carbons (Fsp3) is 0.474. The zero-order valence-corrected chi connectivity index (χ0v) is 16.9. The van der Waals surface area contributed by atoms with Gasteiger partial charge in [0.05, 0.1) is 6.54 Å². The number of hydrogen-bond acceptors (Lipinski definition) is 2. The van der Waals surface area contributed by atoms with Crippen LogP contribution in [0.3, 0.4) is 0 Å². The topological polar surface area (TPSA) is 72.5 Å². The van der Waals surface area contributed by atoms with E-state index in [0.29, 0.717) is 12.5 Å². The van der Waals surface area contributed by atoms with E-state index in [9.17, 15) is 4.79 Å². The van der Waals surface area contributed by atoms with Crippen molar-refractivity contribution in [1.82, 2.24) is 20.5 Å². The molecule has 0 fully saturated rings. The lowest BCUT2D eigenvalue weighted by atomic mass is 10.1. The number of nitrogens with one attached hydrogen (secondary N) is 3. The van der Waals surface area contributed by atoms with Gasteiger partial charge in [0.1, 0.15) is 0 Å². The predicted molar refractivity (Wildman–Crippen MR) is 109 cm³/mol. The van der Waals surface area contributed by atoms with Gasteiger partial charge in [-0.05, 0) is 51.0 Å². The normalized spacial score (nSPS) is 12.3. The summed E-state index contributed by atoms with van der Waals surface area (Å²) in [7, 11) is 3.56. The molecule has 0 atom stereocenters. The summed E-state index contributed by atoms with van der Waals surface area (Å²) in [5.74, 6) is 0.654. The van der Waals surface area contributed by atoms with Crippen molar-refractivity contribution in [1.29, 1.82) is 0 Å². The van der Waals surface area contributed by atoms with E-state index in [-0.39, 0.29) is 18.0 Å². The number of guanidine groups is 1. The van der Waals surface area contributed by atoms with Crippen LogP contribution in [0, 0.1) is 0 Å². The maximum absolute atomic E-state index is 12.1. The summed E-state index contributed by atoms with van der Waals surface area (Å²) < 4.78 is 0. The van der Waals surface area contributed by atoms with Crippen molar-refractivity contribution < 1.29 is 4.79 Å². The Hall–Kier alpha value is -2.21. The average Bonchev–Trinajstić information content (AvgIpc) is 2.91. The number of aromatic nitrogens is 1. The minimum absolute atomic E-state index is 0.0331. The molecule has 7 heteroatoms. The molecule has 0 saturated heterocycles. The first kappa shape index (κ1) is 20.1. The van der Waals surface area contributed by atoms with E-state index in [1.807, 2.05) is 57.1 Å². The second-order valence-electron chi connectivity index (χ2n) is 7.38. The van der Waals surface area contributed by atoms with Crippen LogP contribution in [0.2, 0.25) is 5.02 Å². The molecule has 0 bridgehead atoms. The number of carbonyl (C=O) groups is 1. The lowest BCUT2D eigenvalue weighted by Crippen LogP contribution is -2.49. The monoisotopic (exact) mass is 377 g/mol. The Morgan fingerprint density at radius 3 is 2.73 bits per heavy atom. The van der Waals surface area contributed by atoms with Crippen molar-refractivity contribution >= 4 is 34.4 Å². The molecule has 0 aliphatic heterocycles. The smallest absolute Gasteiger partial charge is 0.240 e. The van der Waals surface area contributed by atoms with Gasteiger partial charge in [-0.3, -0.25) is 9.79 Å². The molecule has 0 unspecified atom stereocenters. The molecule has 1 aromatic heterocycles. The Morgan fingerprint density at radius 1 is 1.35 bits per heavy atom. The van der Waals surface area contributed by atoms with E-state index in [0.717, 1.165) is 22.3 Å². The number of hydrogen-bond donors (Lipinski definition) is 3. The Labute approximate surface area is 160 Å². The number of amides is 1. The van der Waals surface area contributed by atoms with Crippen LogP contribution in [0.25, 0.3) is 10.9 Å². The number of fused-ring (bicyclic) bond motifs is 1. The molecule has 2 aromatic rings. The van der Waals surface area contributed by atoms with Crippen LogP contribution >= 0.6 is 11.6 Å². The first-order valence-corrected chi connectivity index (χ1v) is 9.05. The minimum atomic E-state index is -0.245. The number of rotatable bonds is 5. The van der Waals surface area contributed by atoms with Gasteiger partial charge in [0.25, 0.3) is 0 Å². The summed E-state index contributed by atoms with van der Waals surface area (Å²) in [4.78, 5) is 21.4. The first-order chi connectivity index (χ1) is 12.2. The minimum Gasteiger partial charge on any atom is -0.361 e. The van der Waals surface area contributed by atoms with E-state index in [2.05, 4.69) is 20.6 Å². The molecule has 0 saturated carbocycles.